The molecule has 3 aromatic carbocycles. The minimum absolute atomic E-state index is 0.221. The summed E-state index contributed by atoms with van der Waals surface area (Å²) in [6.07, 6.45) is 0.494. The van der Waals surface area contributed by atoms with E-state index in [-0.39, 0.29) is 12.0 Å². The Morgan fingerprint density at radius 2 is 1.48 bits per heavy atom. The average Bonchev–Trinajstić information content (AvgIpc) is 2.78. The molecule has 0 radical (unpaired) electrons. The molecular weight excluding hydrogens is 364 g/mol. The maximum absolute atomic E-state index is 11.3. The van der Waals surface area contributed by atoms with E-state index in [1.807, 2.05) is 48.5 Å². The van der Waals surface area contributed by atoms with Crippen molar-refractivity contribution < 1.29 is 19.0 Å². The van der Waals surface area contributed by atoms with Crippen LogP contribution in [0.15, 0.2) is 78.9 Å². The fraction of sp³-hybridized carbons (Fsp3) is 0.240. The Morgan fingerprint density at radius 1 is 0.828 bits per heavy atom. The van der Waals surface area contributed by atoms with E-state index >= 15 is 0 Å². The monoisotopic (exact) mass is 390 g/mol. The number of rotatable bonds is 10. The van der Waals surface area contributed by atoms with Crippen LogP contribution in [0.25, 0.3) is 0 Å². The van der Waals surface area contributed by atoms with Crippen molar-refractivity contribution in [2.45, 2.75) is 18.9 Å². The van der Waals surface area contributed by atoms with Gasteiger partial charge in [0, 0.05) is 18.6 Å². The number of hydrogen-bond donors (Lipinski definition) is 0. The van der Waals surface area contributed by atoms with E-state index in [9.17, 15) is 4.79 Å². The van der Waals surface area contributed by atoms with Gasteiger partial charge < -0.3 is 14.2 Å². The second-order valence-corrected chi connectivity index (χ2v) is 6.92. The molecule has 150 valence electrons. The summed E-state index contributed by atoms with van der Waals surface area (Å²) in [6, 6.07) is 25.3. The number of benzene rings is 3. The lowest BCUT2D eigenvalue weighted by molar-refractivity contribution is 0.0780. The Morgan fingerprint density at radius 3 is 2.10 bits per heavy atom. The van der Waals surface area contributed by atoms with Crippen LogP contribution in [-0.4, -0.2) is 26.6 Å². The molecule has 0 aliphatic rings. The van der Waals surface area contributed by atoms with Gasteiger partial charge in [-0.2, -0.15) is 0 Å². The molecule has 0 fully saturated rings. The molecule has 3 aromatic rings. The standard InChI is InChI=1S/C25H26O4/c1-19(21-9-5-3-6-10-21)17-28-23-14-13-20(16-26)15-24(23)29-25(18-27-2)22-11-7-4-8-12-22/h3-16,19,25H,17-18H2,1-2H3. The first-order chi connectivity index (χ1) is 14.2. The second kappa shape index (κ2) is 10.4. The Labute approximate surface area is 172 Å². The third-order valence-electron chi connectivity index (χ3n) is 4.72. The van der Waals surface area contributed by atoms with Crippen LogP contribution < -0.4 is 9.47 Å². The molecular formula is C25H26O4. The van der Waals surface area contributed by atoms with Crippen molar-refractivity contribution in [2.75, 3.05) is 20.3 Å². The number of methoxy groups -OCH3 is 1. The van der Waals surface area contributed by atoms with Gasteiger partial charge in [0.05, 0.1) is 13.2 Å². The highest BCUT2D eigenvalue weighted by molar-refractivity contribution is 5.76. The summed E-state index contributed by atoms with van der Waals surface area (Å²) >= 11 is 0. The molecule has 0 N–H and O–H groups in total. The Kier molecular flexibility index (Phi) is 7.42. The molecule has 3 rings (SSSR count). The summed E-state index contributed by atoms with van der Waals surface area (Å²) < 4.78 is 17.7. The molecule has 4 heteroatoms. The summed E-state index contributed by atoms with van der Waals surface area (Å²) in [7, 11) is 1.64. The lowest BCUT2D eigenvalue weighted by atomic mass is 10.0. The van der Waals surface area contributed by atoms with Gasteiger partial charge >= 0.3 is 0 Å². The van der Waals surface area contributed by atoms with Gasteiger partial charge in [0.1, 0.15) is 12.4 Å². The molecule has 0 spiro atoms. The van der Waals surface area contributed by atoms with Crippen LogP contribution in [0.4, 0.5) is 0 Å². The van der Waals surface area contributed by atoms with E-state index < -0.39 is 0 Å². The summed E-state index contributed by atoms with van der Waals surface area (Å²) in [4.78, 5) is 11.3. The quantitative estimate of drug-likeness (QED) is 0.432. The van der Waals surface area contributed by atoms with Crippen LogP contribution in [0.5, 0.6) is 11.5 Å². The third-order valence-corrected chi connectivity index (χ3v) is 4.72. The minimum Gasteiger partial charge on any atom is -0.489 e. The van der Waals surface area contributed by atoms with Crippen molar-refractivity contribution in [3.8, 4) is 11.5 Å². The predicted molar refractivity (Wildman–Crippen MR) is 114 cm³/mol. The zero-order valence-electron chi connectivity index (χ0n) is 16.8. The molecule has 0 amide bonds. The van der Waals surface area contributed by atoms with E-state index in [0.29, 0.717) is 30.3 Å². The van der Waals surface area contributed by atoms with Crippen molar-refractivity contribution in [1.29, 1.82) is 0 Å². The molecule has 0 aliphatic heterocycles. The van der Waals surface area contributed by atoms with Crippen molar-refractivity contribution >= 4 is 6.29 Å². The third kappa shape index (κ3) is 5.69. The average molecular weight is 390 g/mol. The molecule has 0 aliphatic carbocycles. The summed E-state index contributed by atoms with van der Waals surface area (Å²) in [5.41, 5.74) is 2.74. The largest absolute Gasteiger partial charge is 0.489 e. The summed E-state index contributed by atoms with van der Waals surface area (Å²) in [6.45, 7) is 3.00. The molecule has 0 aromatic heterocycles. The zero-order chi connectivity index (χ0) is 20.5. The molecule has 0 saturated carbocycles. The zero-order valence-corrected chi connectivity index (χ0v) is 16.8. The maximum atomic E-state index is 11.3. The number of aldehydes is 1. The highest BCUT2D eigenvalue weighted by Crippen LogP contribution is 2.33. The second-order valence-electron chi connectivity index (χ2n) is 6.92. The molecule has 0 bridgehead atoms. The first-order valence-electron chi connectivity index (χ1n) is 9.68. The molecule has 2 unspecified atom stereocenters. The molecule has 4 nitrogen and oxygen atoms in total. The van der Waals surface area contributed by atoms with Crippen molar-refractivity contribution in [2.24, 2.45) is 0 Å². The fourth-order valence-corrected chi connectivity index (χ4v) is 3.07. The van der Waals surface area contributed by atoms with Crippen LogP contribution in [-0.2, 0) is 4.74 Å². The first kappa shape index (κ1) is 20.6. The Hall–Kier alpha value is -3.11. The van der Waals surface area contributed by atoms with Crippen molar-refractivity contribution in [1.82, 2.24) is 0 Å². The van der Waals surface area contributed by atoms with Gasteiger partial charge in [-0.3, -0.25) is 4.79 Å². The SMILES string of the molecule is COCC(Oc1cc(C=O)ccc1OCC(C)c1ccccc1)c1ccccc1. The molecule has 2 atom stereocenters. The van der Waals surface area contributed by atoms with Crippen LogP contribution >= 0.6 is 0 Å². The van der Waals surface area contributed by atoms with Gasteiger partial charge in [-0.25, -0.2) is 0 Å². The van der Waals surface area contributed by atoms with Crippen LogP contribution in [0.2, 0.25) is 0 Å². The van der Waals surface area contributed by atoms with Crippen LogP contribution in [0.1, 0.15) is 40.4 Å². The first-order valence-corrected chi connectivity index (χ1v) is 9.68. The van der Waals surface area contributed by atoms with Gasteiger partial charge in [0.2, 0.25) is 0 Å². The topological polar surface area (TPSA) is 44.8 Å². The molecule has 0 saturated heterocycles. The number of carbonyl (C=O) groups is 1. The lowest BCUT2D eigenvalue weighted by Crippen LogP contribution is -2.15. The summed E-state index contributed by atoms with van der Waals surface area (Å²) in [5.74, 6) is 1.36. The highest BCUT2D eigenvalue weighted by atomic mass is 16.5. The number of ether oxygens (including phenoxy) is 3. The minimum atomic E-state index is -0.308. The van der Waals surface area contributed by atoms with Gasteiger partial charge in [-0.1, -0.05) is 67.6 Å². The number of hydrogen-bond acceptors (Lipinski definition) is 4. The number of carbonyl (C=O) groups excluding carboxylic acids is 1. The highest BCUT2D eigenvalue weighted by Gasteiger charge is 2.17. The van der Waals surface area contributed by atoms with E-state index in [1.165, 1.54) is 5.56 Å². The maximum Gasteiger partial charge on any atom is 0.162 e. The van der Waals surface area contributed by atoms with Crippen LogP contribution in [0, 0.1) is 0 Å². The lowest BCUT2D eigenvalue weighted by Gasteiger charge is -2.22. The smallest absolute Gasteiger partial charge is 0.162 e. The van der Waals surface area contributed by atoms with Crippen LogP contribution in [0.3, 0.4) is 0 Å². The Bertz CT molecular complexity index is 893. The fourth-order valence-electron chi connectivity index (χ4n) is 3.07. The van der Waals surface area contributed by atoms with Gasteiger partial charge in [0.25, 0.3) is 0 Å². The van der Waals surface area contributed by atoms with E-state index in [1.54, 1.807) is 25.3 Å². The van der Waals surface area contributed by atoms with Gasteiger partial charge in [-0.15, -0.1) is 0 Å². The van der Waals surface area contributed by atoms with E-state index in [4.69, 9.17) is 14.2 Å². The Balaban J connectivity index is 1.80. The summed E-state index contributed by atoms with van der Waals surface area (Å²) in [5, 5.41) is 0. The van der Waals surface area contributed by atoms with Crippen molar-refractivity contribution in [3.63, 3.8) is 0 Å². The normalized spacial score (nSPS) is 12.8. The van der Waals surface area contributed by atoms with E-state index in [2.05, 4.69) is 19.1 Å². The molecule has 0 heterocycles. The van der Waals surface area contributed by atoms with Gasteiger partial charge in [0.15, 0.2) is 11.5 Å². The van der Waals surface area contributed by atoms with Crippen molar-refractivity contribution in [3.05, 3.63) is 95.6 Å². The van der Waals surface area contributed by atoms with E-state index in [0.717, 1.165) is 11.8 Å². The van der Waals surface area contributed by atoms with Gasteiger partial charge in [-0.05, 0) is 29.3 Å². The predicted octanol–water partition coefficient (Wildman–Crippen LogP) is 5.45. The molecule has 29 heavy (non-hydrogen) atoms.